The third-order valence-electron chi connectivity index (χ3n) is 2.10. The third-order valence-corrected chi connectivity index (χ3v) is 3.90. The molecule has 0 amide bonds. The Labute approximate surface area is 129 Å². The van der Waals surface area contributed by atoms with Crippen molar-refractivity contribution in [2.75, 3.05) is 0 Å². The molecule has 2 rings (SSSR count). The van der Waals surface area contributed by atoms with Crippen LogP contribution in [0, 0.1) is 0 Å². The summed E-state index contributed by atoms with van der Waals surface area (Å²) in [6.45, 7) is 0. The Morgan fingerprint density at radius 3 is 2.11 bits per heavy atom. The first-order valence-corrected chi connectivity index (χ1v) is 6.64. The highest BCUT2D eigenvalue weighted by molar-refractivity contribution is 6.44. The summed E-state index contributed by atoms with van der Waals surface area (Å²) < 4.78 is 5.57. The summed E-state index contributed by atoms with van der Waals surface area (Å²) in [5.41, 5.74) is 0. The van der Waals surface area contributed by atoms with E-state index in [4.69, 9.17) is 62.7 Å². The Hall–Kier alpha value is -0.310. The molecule has 6 heteroatoms. The van der Waals surface area contributed by atoms with Gasteiger partial charge in [0.05, 0.1) is 10.0 Å². The molecule has 0 heterocycles. The van der Waals surface area contributed by atoms with Crippen molar-refractivity contribution in [3.8, 4) is 11.5 Å². The second-order valence-corrected chi connectivity index (χ2v) is 5.36. The van der Waals surface area contributed by atoms with E-state index in [1.165, 1.54) is 6.07 Å². The van der Waals surface area contributed by atoms with Crippen LogP contribution in [-0.4, -0.2) is 0 Å². The van der Waals surface area contributed by atoms with Crippen molar-refractivity contribution in [1.82, 2.24) is 0 Å². The van der Waals surface area contributed by atoms with E-state index in [-0.39, 0.29) is 5.02 Å². The number of halogens is 5. The molecule has 0 aliphatic carbocycles. The first kappa shape index (κ1) is 14.1. The fourth-order valence-corrected chi connectivity index (χ4v) is 2.24. The fourth-order valence-electron chi connectivity index (χ4n) is 1.29. The Kier molecular flexibility index (Phi) is 4.52. The van der Waals surface area contributed by atoms with Gasteiger partial charge < -0.3 is 4.74 Å². The van der Waals surface area contributed by atoms with Crippen LogP contribution >= 0.6 is 58.0 Å². The zero-order chi connectivity index (χ0) is 13.3. The van der Waals surface area contributed by atoms with Gasteiger partial charge in [-0.15, -0.1) is 0 Å². The van der Waals surface area contributed by atoms with E-state index in [1.54, 1.807) is 24.3 Å². The van der Waals surface area contributed by atoms with Crippen LogP contribution < -0.4 is 4.74 Å². The van der Waals surface area contributed by atoms with Crippen molar-refractivity contribution < 1.29 is 4.74 Å². The molecule has 0 atom stereocenters. The van der Waals surface area contributed by atoms with Crippen LogP contribution in [0.25, 0.3) is 0 Å². The van der Waals surface area contributed by atoms with Crippen molar-refractivity contribution in [3.63, 3.8) is 0 Å². The standard InChI is InChI=1S/C12H5Cl5O/c13-6-4-8(15)12(17)10(5-6)18-9-3-1-2-7(14)11(9)16/h1-5H. The molecule has 0 unspecified atom stereocenters. The molecule has 0 aliphatic heterocycles. The Balaban J connectivity index is 2.43. The van der Waals surface area contributed by atoms with E-state index in [2.05, 4.69) is 0 Å². The summed E-state index contributed by atoms with van der Waals surface area (Å²) in [5.74, 6) is 0.697. The number of benzene rings is 2. The summed E-state index contributed by atoms with van der Waals surface area (Å²) in [4.78, 5) is 0. The van der Waals surface area contributed by atoms with Crippen LogP contribution in [0.15, 0.2) is 30.3 Å². The predicted molar refractivity (Wildman–Crippen MR) is 78.0 cm³/mol. The number of hydrogen-bond donors (Lipinski definition) is 0. The maximum absolute atomic E-state index is 6.02. The zero-order valence-electron chi connectivity index (χ0n) is 8.68. The smallest absolute Gasteiger partial charge is 0.149 e. The molecule has 1 nitrogen and oxygen atoms in total. The molecule has 0 aromatic heterocycles. The van der Waals surface area contributed by atoms with E-state index in [1.807, 2.05) is 0 Å². The molecule has 0 fully saturated rings. The molecule has 0 bridgehead atoms. The van der Waals surface area contributed by atoms with Crippen LogP contribution in [0.5, 0.6) is 11.5 Å². The van der Waals surface area contributed by atoms with E-state index in [0.29, 0.717) is 31.6 Å². The normalized spacial score (nSPS) is 10.5. The summed E-state index contributed by atoms with van der Waals surface area (Å²) in [7, 11) is 0. The topological polar surface area (TPSA) is 9.23 Å². The van der Waals surface area contributed by atoms with Gasteiger partial charge in [0.15, 0.2) is 0 Å². The van der Waals surface area contributed by atoms with Gasteiger partial charge in [-0.05, 0) is 18.2 Å². The summed E-state index contributed by atoms with van der Waals surface area (Å²) in [5, 5.41) is 1.66. The molecule has 0 aliphatic rings. The van der Waals surface area contributed by atoms with Crippen molar-refractivity contribution in [2.24, 2.45) is 0 Å². The maximum atomic E-state index is 6.02. The molecule has 0 saturated heterocycles. The van der Waals surface area contributed by atoms with Gasteiger partial charge in [-0.25, -0.2) is 0 Å². The van der Waals surface area contributed by atoms with Gasteiger partial charge in [-0.2, -0.15) is 0 Å². The first-order chi connectivity index (χ1) is 8.49. The van der Waals surface area contributed by atoms with Crippen LogP contribution in [0.1, 0.15) is 0 Å². The molecule has 0 radical (unpaired) electrons. The number of hydrogen-bond acceptors (Lipinski definition) is 1. The quantitative estimate of drug-likeness (QED) is 0.549. The minimum absolute atomic E-state index is 0.261. The van der Waals surface area contributed by atoms with E-state index in [9.17, 15) is 0 Å². The first-order valence-electron chi connectivity index (χ1n) is 4.75. The van der Waals surface area contributed by atoms with Crippen LogP contribution in [0.3, 0.4) is 0 Å². The average Bonchev–Trinajstić information content (AvgIpc) is 2.31. The molecular formula is C12H5Cl5O. The maximum Gasteiger partial charge on any atom is 0.149 e. The highest BCUT2D eigenvalue weighted by Crippen LogP contribution is 2.40. The molecule has 94 valence electrons. The van der Waals surface area contributed by atoms with Gasteiger partial charge >= 0.3 is 0 Å². The van der Waals surface area contributed by atoms with E-state index in [0.717, 1.165) is 0 Å². The Morgan fingerprint density at radius 2 is 1.39 bits per heavy atom. The molecule has 0 saturated carbocycles. The fraction of sp³-hybridized carbons (Fsp3) is 0. The Bertz CT molecular complexity index is 597. The SMILES string of the molecule is Clc1cc(Cl)c(Cl)c(Oc2cccc(Cl)c2Cl)c1. The van der Waals surface area contributed by atoms with E-state index < -0.39 is 0 Å². The highest BCUT2D eigenvalue weighted by Gasteiger charge is 2.12. The van der Waals surface area contributed by atoms with Crippen LogP contribution in [0.2, 0.25) is 25.1 Å². The number of ether oxygens (including phenoxy) is 1. The van der Waals surface area contributed by atoms with Crippen LogP contribution in [0.4, 0.5) is 0 Å². The summed E-state index contributed by atoms with van der Waals surface area (Å²) in [6.07, 6.45) is 0. The van der Waals surface area contributed by atoms with Crippen molar-refractivity contribution in [1.29, 1.82) is 0 Å². The summed E-state index contributed by atoms with van der Waals surface area (Å²) in [6, 6.07) is 8.11. The lowest BCUT2D eigenvalue weighted by molar-refractivity contribution is 0.483. The monoisotopic (exact) mass is 340 g/mol. The molecular weight excluding hydrogens is 337 g/mol. The molecule has 18 heavy (non-hydrogen) atoms. The highest BCUT2D eigenvalue weighted by atomic mass is 35.5. The summed E-state index contributed by atoms with van der Waals surface area (Å²) >= 11 is 29.7. The second kappa shape index (κ2) is 5.77. The average molecular weight is 342 g/mol. The molecule has 2 aromatic carbocycles. The molecule has 0 N–H and O–H groups in total. The van der Waals surface area contributed by atoms with Gasteiger partial charge in [-0.3, -0.25) is 0 Å². The van der Waals surface area contributed by atoms with Crippen molar-refractivity contribution >= 4 is 58.0 Å². The number of rotatable bonds is 2. The lowest BCUT2D eigenvalue weighted by atomic mass is 10.3. The van der Waals surface area contributed by atoms with Gasteiger partial charge in [0, 0.05) is 11.1 Å². The minimum Gasteiger partial charge on any atom is -0.454 e. The van der Waals surface area contributed by atoms with Gasteiger partial charge in [0.25, 0.3) is 0 Å². The predicted octanol–water partition coefficient (Wildman–Crippen LogP) is 6.75. The van der Waals surface area contributed by atoms with Gasteiger partial charge in [-0.1, -0.05) is 64.1 Å². The van der Waals surface area contributed by atoms with Crippen molar-refractivity contribution in [3.05, 3.63) is 55.4 Å². The largest absolute Gasteiger partial charge is 0.454 e. The minimum atomic E-state index is 0.261. The lowest BCUT2D eigenvalue weighted by Crippen LogP contribution is -1.87. The van der Waals surface area contributed by atoms with Gasteiger partial charge in [0.2, 0.25) is 0 Å². The lowest BCUT2D eigenvalue weighted by Gasteiger charge is -2.11. The van der Waals surface area contributed by atoms with E-state index >= 15 is 0 Å². The molecule has 2 aromatic rings. The Morgan fingerprint density at radius 1 is 0.722 bits per heavy atom. The zero-order valence-corrected chi connectivity index (χ0v) is 12.5. The second-order valence-electron chi connectivity index (χ2n) is 3.35. The van der Waals surface area contributed by atoms with Gasteiger partial charge in [0.1, 0.15) is 21.5 Å². The van der Waals surface area contributed by atoms with Crippen molar-refractivity contribution in [2.45, 2.75) is 0 Å². The van der Waals surface area contributed by atoms with Crippen LogP contribution in [-0.2, 0) is 0 Å². The molecule has 0 spiro atoms. The third kappa shape index (κ3) is 2.98.